The van der Waals surface area contributed by atoms with E-state index in [1.807, 2.05) is 6.92 Å². The van der Waals surface area contributed by atoms with E-state index in [0.717, 1.165) is 11.3 Å². The Morgan fingerprint density at radius 1 is 1.44 bits per heavy atom. The van der Waals surface area contributed by atoms with Gasteiger partial charge in [0.25, 0.3) is 0 Å². The lowest BCUT2D eigenvalue weighted by molar-refractivity contribution is -0.143. The van der Waals surface area contributed by atoms with Crippen molar-refractivity contribution in [3.05, 3.63) is 0 Å². The van der Waals surface area contributed by atoms with Crippen LogP contribution in [0.3, 0.4) is 0 Å². The van der Waals surface area contributed by atoms with E-state index in [2.05, 4.69) is 0 Å². The Labute approximate surface area is 107 Å². The maximum Gasteiger partial charge on any atom is 0.410 e. The van der Waals surface area contributed by atoms with Gasteiger partial charge in [0.05, 0.1) is 6.61 Å². The second-order valence-electron chi connectivity index (χ2n) is 4.86. The minimum absolute atomic E-state index is 0.241. The Bertz CT molecular complexity index is 288. The van der Waals surface area contributed by atoms with Crippen molar-refractivity contribution in [3.63, 3.8) is 0 Å². The molecule has 0 aromatic heterocycles. The lowest BCUT2D eigenvalue weighted by Crippen LogP contribution is -2.45. The minimum Gasteiger partial charge on any atom is -0.480 e. The normalized spacial score (nSPS) is 12.9. The third kappa shape index (κ3) is 6.42. The predicted molar refractivity (Wildman–Crippen MR) is 65.2 cm³/mol. The van der Waals surface area contributed by atoms with Crippen LogP contribution in [-0.2, 0) is 9.53 Å². The molecule has 106 valence electrons. The van der Waals surface area contributed by atoms with Crippen LogP contribution >= 0.6 is 0 Å². The summed E-state index contributed by atoms with van der Waals surface area (Å²) in [6, 6.07) is -1.22. The van der Waals surface area contributed by atoms with Gasteiger partial charge >= 0.3 is 12.1 Å². The molecule has 0 unspecified atom stereocenters. The number of aliphatic carboxylic acids is 1. The van der Waals surface area contributed by atoms with Crippen LogP contribution in [-0.4, -0.2) is 47.4 Å². The smallest absolute Gasteiger partial charge is 0.410 e. The first-order chi connectivity index (χ1) is 8.19. The summed E-state index contributed by atoms with van der Waals surface area (Å²) < 4.78 is 18.4. The van der Waals surface area contributed by atoms with Crippen molar-refractivity contribution in [1.82, 2.24) is 4.90 Å². The zero-order valence-corrected chi connectivity index (χ0v) is 11.4. The van der Waals surface area contributed by atoms with Crippen molar-refractivity contribution < 1.29 is 23.8 Å². The van der Waals surface area contributed by atoms with Gasteiger partial charge in [0.1, 0.15) is 11.7 Å². The third-order valence-corrected chi connectivity index (χ3v) is 2.44. The van der Waals surface area contributed by atoms with E-state index in [-0.39, 0.29) is 13.0 Å². The average molecular weight is 263 g/mol. The van der Waals surface area contributed by atoms with Gasteiger partial charge in [-0.3, -0.25) is 4.90 Å². The number of carboxylic acids is 1. The number of carboxylic acid groups (broad SMARTS) is 1. The summed E-state index contributed by atoms with van der Waals surface area (Å²) in [5.74, 6) is -1.24. The Hall–Kier alpha value is -1.33. The van der Waals surface area contributed by atoms with Crippen LogP contribution in [0.2, 0.25) is 0 Å². The third-order valence-electron chi connectivity index (χ3n) is 2.44. The fourth-order valence-electron chi connectivity index (χ4n) is 1.38. The van der Waals surface area contributed by atoms with Crippen molar-refractivity contribution in [2.45, 2.75) is 51.7 Å². The molecule has 0 radical (unpaired) electrons. The van der Waals surface area contributed by atoms with E-state index < -0.39 is 23.8 Å². The molecule has 1 atom stereocenters. The number of hydrogen-bond donors (Lipinski definition) is 1. The van der Waals surface area contributed by atoms with Gasteiger partial charge in [-0.2, -0.15) is 0 Å². The summed E-state index contributed by atoms with van der Waals surface area (Å²) in [5.41, 5.74) is -1.67. The number of hydrogen-bond acceptors (Lipinski definition) is 3. The number of unbranched alkanes of at least 4 members (excludes halogenated alkanes) is 1. The van der Waals surface area contributed by atoms with Crippen molar-refractivity contribution >= 4 is 12.1 Å². The van der Waals surface area contributed by atoms with Crippen molar-refractivity contribution in [2.24, 2.45) is 0 Å². The fourth-order valence-corrected chi connectivity index (χ4v) is 1.38. The Morgan fingerprint density at radius 3 is 2.39 bits per heavy atom. The minimum atomic E-state index is -1.67. The van der Waals surface area contributed by atoms with Gasteiger partial charge in [0.15, 0.2) is 0 Å². The van der Waals surface area contributed by atoms with E-state index in [9.17, 15) is 14.0 Å². The summed E-state index contributed by atoms with van der Waals surface area (Å²) in [7, 11) is 1.30. The molecular weight excluding hydrogens is 241 g/mol. The number of alkyl halides is 1. The molecule has 0 bridgehead atoms. The molecule has 0 aliphatic carbocycles. The Balaban J connectivity index is 4.51. The number of amides is 1. The molecule has 0 aliphatic rings. The van der Waals surface area contributed by atoms with E-state index in [1.165, 1.54) is 20.9 Å². The first-order valence-electron chi connectivity index (χ1n) is 6.00. The topological polar surface area (TPSA) is 66.8 Å². The summed E-state index contributed by atoms with van der Waals surface area (Å²) in [6.45, 7) is 4.74. The molecule has 0 aromatic carbocycles. The number of ether oxygens (including phenoxy) is 1. The largest absolute Gasteiger partial charge is 0.480 e. The van der Waals surface area contributed by atoms with Crippen LogP contribution in [0.15, 0.2) is 0 Å². The van der Waals surface area contributed by atoms with E-state index in [1.54, 1.807) is 0 Å². The summed E-state index contributed by atoms with van der Waals surface area (Å²) >= 11 is 0. The molecule has 0 fully saturated rings. The number of nitrogens with zero attached hydrogens (tertiary/aromatic N) is 1. The van der Waals surface area contributed by atoms with Crippen LogP contribution in [0.5, 0.6) is 0 Å². The van der Waals surface area contributed by atoms with E-state index in [4.69, 9.17) is 9.84 Å². The highest BCUT2D eigenvalue weighted by atomic mass is 19.1. The lowest BCUT2D eigenvalue weighted by atomic mass is 10.0. The lowest BCUT2D eigenvalue weighted by Gasteiger charge is -2.27. The van der Waals surface area contributed by atoms with Gasteiger partial charge in [-0.05, 0) is 20.3 Å². The SMILES string of the molecule is CCCCOC(=O)N(C)[C@@H](CC(C)(C)F)C(=O)O. The molecule has 6 heteroatoms. The van der Waals surface area contributed by atoms with E-state index >= 15 is 0 Å². The Morgan fingerprint density at radius 2 is 2.00 bits per heavy atom. The molecule has 5 nitrogen and oxygen atoms in total. The first kappa shape index (κ1) is 16.7. The Kier molecular flexibility index (Phi) is 6.65. The zero-order valence-electron chi connectivity index (χ0n) is 11.4. The summed E-state index contributed by atoms with van der Waals surface area (Å²) in [6.07, 6.45) is 0.574. The molecule has 0 aliphatic heterocycles. The average Bonchev–Trinajstić information content (AvgIpc) is 2.23. The monoisotopic (exact) mass is 263 g/mol. The quantitative estimate of drug-likeness (QED) is 0.716. The molecule has 0 heterocycles. The standard InChI is InChI=1S/C12H22FNO4/c1-5-6-7-18-11(17)14(4)9(10(15)16)8-12(2,3)13/h9H,5-8H2,1-4H3,(H,15,16)/t9-/m0/s1. The van der Waals surface area contributed by atoms with Gasteiger partial charge in [-0.1, -0.05) is 13.3 Å². The summed E-state index contributed by atoms with van der Waals surface area (Å²) in [4.78, 5) is 23.5. The molecule has 0 saturated carbocycles. The van der Waals surface area contributed by atoms with Crippen molar-refractivity contribution in [1.29, 1.82) is 0 Å². The molecular formula is C12H22FNO4. The zero-order chi connectivity index (χ0) is 14.3. The van der Waals surface area contributed by atoms with Gasteiger partial charge in [-0.15, -0.1) is 0 Å². The molecule has 1 N–H and O–H groups in total. The number of carbonyl (C=O) groups is 2. The maximum atomic E-state index is 13.5. The first-order valence-corrected chi connectivity index (χ1v) is 6.00. The van der Waals surface area contributed by atoms with Gasteiger partial charge in [0.2, 0.25) is 0 Å². The second kappa shape index (κ2) is 7.18. The predicted octanol–water partition coefficient (Wildman–Crippen LogP) is 2.45. The highest BCUT2D eigenvalue weighted by molar-refractivity contribution is 5.79. The van der Waals surface area contributed by atoms with Crippen LogP contribution in [0.4, 0.5) is 9.18 Å². The van der Waals surface area contributed by atoms with Gasteiger partial charge < -0.3 is 9.84 Å². The number of carbonyl (C=O) groups excluding carboxylic acids is 1. The maximum absolute atomic E-state index is 13.5. The van der Waals surface area contributed by atoms with Crippen LogP contribution < -0.4 is 0 Å². The van der Waals surface area contributed by atoms with Crippen LogP contribution in [0, 0.1) is 0 Å². The molecule has 18 heavy (non-hydrogen) atoms. The second-order valence-corrected chi connectivity index (χ2v) is 4.86. The van der Waals surface area contributed by atoms with Crippen molar-refractivity contribution in [3.8, 4) is 0 Å². The molecule has 0 aromatic rings. The molecule has 0 spiro atoms. The van der Waals surface area contributed by atoms with E-state index in [0.29, 0.717) is 6.42 Å². The molecule has 0 saturated heterocycles. The highest BCUT2D eigenvalue weighted by Gasteiger charge is 2.33. The number of halogens is 1. The number of rotatable bonds is 7. The molecule has 1 amide bonds. The highest BCUT2D eigenvalue weighted by Crippen LogP contribution is 2.19. The van der Waals surface area contributed by atoms with Gasteiger partial charge in [-0.25, -0.2) is 14.0 Å². The van der Waals surface area contributed by atoms with Gasteiger partial charge in [0, 0.05) is 13.5 Å². The van der Waals surface area contributed by atoms with Crippen LogP contribution in [0.25, 0.3) is 0 Å². The van der Waals surface area contributed by atoms with Crippen LogP contribution in [0.1, 0.15) is 40.0 Å². The fraction of sp³-hybridized carbons (Fsp3) is 0.833. The summed E-state index contributed by atoms with van der Waals surface area (Å²) in [5, 5.41) is 9.01. The van der Waals surface area contributed by atoms with Crippen molar-refractivity contribution in [2.75, 3.05) is 13.7 Å². The molecule has 0 rings (SSSR count). The number of likely N-dealkylation sites (N-methyl/N-ethyl adjacent to an activating group) is 1.